The molecule has 7 heteroatoms. The Morgan fingerprint density at radius 1 is 1.25 bits per heavy atom. The molecule has 2 aliphatic heterocycles. The molecule has 2 heterocycles. The Morgan fingerprint density at radius 2 is 2.03 bits per heavy atom. The molecule has 2 N–H and O–H groups in total. The number of fused-ring (bicyclic) bond motifs is 1. The van der Waals surface area contributed by atoms with Gasteiger partial charge >= 0.3 is 0 Å². The molecule has 170 valence electrons. The molecule has 0 radical (unpaired) electrons. The van der Waals surface area contributed by atoms with E-state index in [1.54, 1.807) is 12.1 Å². The summed E-state index contributed by atoms with van der Waals surface area (Å²) in [6.07, 6.45) is 1.73. The van der Waals surface area contributed by atoms with E-state index in [0.29, 0.717) is 24.4 Å². The molecule has 0 aliphatic carbocycles. The molecule has 0 saturated carbocycles. The van der Waals surface area contributed by atoms with Gasteiger partial charge in [-0.05, 0) is 49.1 Å². The molecule has 32 heavy (non-hydrogen) atoms. The maximum atomic E-state index is 13.2. The number of aliphatic hydroxyl groups excluding tert-OH is 1. The van der Waals surface area contributed by atoms with Crippen LogP contribution in [0.2, 0.25) is 0 Å². The minimum atomic E-state index is -0.806. The Hall–Kier alpha value is -2.93. The second-order valence-electron chi connectivity index (χ2n) is 8.40. The predicted octanol–water partition coefficient (Wildman–Crippen LogP) is 3.44. The highest BCUT2D eigenvalue weighted by atomic mass is 19.1. The van der Waals surface area contributed by atoms with Crippen LogP contribution in [0.3, 0.4) is 0 Å². The number of carbonyl (C=O) groups is 1. The summed E-state index contributed by atoms with van der Waals surface area (Å²) in [5.74, 6) is 0.970. The maximum Gasteiger partial charge on any atom is 0.222 e. The highest BCUT2D eigenvalue weighted by Crippen LogP contribution is 2.38. The molecule has 1 fully saturated rings. The van der Waals surface area contributed by atoms with Gasteiger partial charge in [0.25, 0.3) is 0 Å². The standard InChI is InChI=1S/C25H31FN4O2/c1-2-27-25(28-16-23(31)18-9-11-20(26)12-10-18)30-17-19(21-6-3-4-7-22(21)30)13-15-29-14-5-8-24(29)32/h3-4,6-7,9-12,19,23,31H,2,5,8,13-17H2,1H3,(H,27,28). The van der Waals surface area contributed by atoms with Gasteiger partial charge in [0, 0.05) is 44.2 Å². The van der Waals surface area contributed by atoms with Crippen molar-refractivity contribution in [2.24, 2.45) is 4.99 Å². The van der Waals surface area contributed by atoms with Crippen molar-refractivity contribution >= 4 is 17.6 Å². The van der Waals surface area contributed by atoms with Crippen molar-refractivity contribution < 1.29 is 14.3 Å². The number of aliphatic hydroxyl groups is 1. The van der Waals surface area contributed by atoms with Crippen molar-refractivity contribution in [2.45, 2.75) is 38.2 Å². The Balaban J connectivity index is 1.49. The van der Waals surface area contributed by atoms with E-state index >= 15 is 0 Å². The molecule has 2 aromatic rings. The third kappa shape index (κ3) is 4.93. The zero-order valence-corrected chi connectivity index (χ0v) is 18.5. The van der Waals surface area contributed by atoms with Crippen LogP contribution in [0.5, 0.6) is 0 Å². The minimum absolute atomic E-state index is 0.180. The van der Waals surface area contributed by atoms with E-state index in [-0.39, 0.29) is 18.3 Å². The first kappa shape index (κ1) is 22.3. The smallest absolute Gasteiger partial charge is 0.222 e. The number of anilines is 1. The van der Waals surface area contributed by atoms with Crippen molar-refractivity contribution in [3.8, 4) is 0 Å². The summed E-state index contributed by atoms with van der Waals surface area (Å²) in [7, 11) is 0. The van der Waals surface area contributed by atoms with Crippen molar-refractivity contribution in [3.63, 3.8) is 0 Å². The van der Waals surface area contributed by atoms with Gasteiger partial charge in [-0.1, -0.05) is 30.3 Å². The number of carbonyl (C=O) groups excluding carboxylic acids is 1. The summed E-state index contributed by atoms with van der Waals surface area (Å²) in [6, 6.07) is 14.2. The Labute approximate surface area is 188 Å². The topological polar surface area (TPSA) is 68.2 Å². The number of nitrogens with one attached hydrogen (secondary N) is 1. The quantitative estimate of drug-likeness (QED) is 0.513. The van der Waals surface area contributed by atoms with E-state index in [2.05, 4.69) is 28.4 Å². The largest absolute Gasteiger partial charge is 0.386 e. The van der Waals surface area contributed by atoms with E-state index in [1.807, 2.05) is 17.9 Å². The number of guanidine groups is 1. The number of aliphatic imine (C=N–C) groups is 1. The molecule has 0 aromatic heterocycles. The number of rotatable bonds is 7. The summed E-state index contributed by atoms with van der Waals surface area (Å²) in [4.78, 5) is 20.9. The fourth-order valence-electron chi connectivity index (χ4n) is 4.55. The first-order valence-electron chi connectivity index (χ1n) is 11.4. The monoisotopic (exact) mass is 438 g/mol. The van der Waals surface area contributed by atoms with Crippen LogP contribution in [-0.2, 0) is 4.79 Å². The maximum absolute atomic E-state index is 13.2. The van der Waals surface area contributed by atoms with E-state index in [0.717, 1.165) is 44.1 Å². The molecule has 2 atom stereocenters. The lowest BCUT2D eigenvalue weighted by Gasteiger charge is -2.24. The van der Waals surface area contributed by atoms with Crippen LogP contribution < -0.4 is 10.2 Å². The van der Waals surface area contributed by atoms with E-state index in [1.165, 1.54) is 17.7 Å². The van der Waals surface area contributed by atoms with Gasteiger partial charge in [-0.2, -0.15) is 0 Å². The third-order valence-electron chi connectivity index (χ3n) is 6.25. The second kappa shape index (κ2) is 10.1. The lowest BCUT2D eigenvalue weighted by Crippen LogP contribution is -2.41. The van der Waals surface area contributed by atoms with Crippen molar-refractivity contribution in [3.05, 3.63) is 65.5 Å². The molecule has 2 aromatic carbocycles. The Kier molecular flexibility index (Phi) is 7.05. The molecule has 1 saturated heterocycles. The lowest BCUT2D eigenvalue weighted by molar-refractivity contribution is -0.127. The molecular weight excluding hydrogens is 407 g/mol. The molecule has 0 spiro atoms. The summed E-state index contributed by atoms with van der Waals surface area (Å²) in [5.41, 5.74) is 3.02. The van der Waals surface area contributed by atoms with Gasteiger partial charge in [0.05, 0.1) is 12.6 Å². The van der Waals surface area contributed by atoms with Gasteiger partial charge in [-0.3, -0.25) is 4.79 Å². The molecule has 2 aliphatic rings. The number of hydrogen-bond acceptors (Lipinski definition) is 3. The molecule has 4 rings (SSSR count). The van der Waals surface area contributed by atoms with Gasteiger partial charge in [-0.25, -0.2) is 9.38 Å². The van der Waals surface area contributed by atoms with Crippen LogP contribution in [-0.4, -0.2) is 54.6 Å². The Bertz CT molecular complexity index is 963. The van der Waals surface area contributed by atoms with Crippen LogP contribution in [0.15, 0.2) is 53.5 Å². The van der Waals surface area contributed by atoms with Gasteiger partial charge in [0.2, 0.25) is 5.91 Å². The highest BCUT2D eigenvalue weighted by Gasteiger charge is 2.32. The van der Waals surface area contributed by atoms with Crippen LogP contribution in [0.4, 0.5) is 10.1 Å². The third-order valence-corrected chi connectivity index (χ3v) is 6.25. The normalized spacial score (nSPS) is 19.4. The summed E-state index contributed by atoms with van der Waals surface area (Å²) >= 11 is 0. The van der Waals surface area contributed by atoms with Gasteiger partial charge < -0.3 is 20.2 Å². The van der Waals surface area contributed by atoms with Crippen molar-refractivity contribution in [1.82, 2.24) is 10.2 Å². The van der Waals surface area contributed by atoms with Crippen LogP contribution in [0.25, 0.3) is 0 Å². The highest BCUT2D eigenvalue weighted by molar-refractivity contribution is 5.98. The van der Waals surface area contributed by atoms with Gasteiger partial charge in [-0.15, -0.1) is 0 Å². The summed E-state index contributed by atoms with van der Waals surface area (Å²) in [5, 5.41) is 13.9. The predicted molar refractivity (Wildman–Crippen MR) is 124 cm³/mol. The molecule has 1 amide bonds. The average molecular weight is 439 g/mol. The van der Waals surface area contributed by atoms with E-state index < -0.39 is 6.10 Å². The summed E-state index contributed by atoms with van der Waals surface area (Å²) in [6.45, 7) is 5.33. The first-order chi connectivity index (χ1) is 15.6. The zero-order valence-electron chi connectivity index (χ0n) is 18.5. The number of amides is 1. The number of benzene rings is 2. The lowest BCUT2D eigenvalue weighted by atomic mass is 9.98. The minimum Gasteiger partial charge on any atom is -0.386 e. The number of halogens is 1. The summed E-state index contributed by atoms with van der Waals surface area (Å²) < 4.78 is 13.2. The first-order valence-corrected chi connectivity index (χ1v) is 11.4. The van der Waals surface area contributed by atoms with Crippen molar-refractivity contribution in [2.75, 3.05) is 37.6 Å². The van der Waals surface area contributed by atoms with E-state index in [4.69, 9.17) is 4.99 Å². The van der Waals surface area contributed by atoms with Crippen molar-refractivity contribution in [1.29, 1.82) is 0 Å². The molecule has 2 unspecified atom stereocenters. The van der Waals surface area contributed by atoms with Crippen LogP contribution >= 0.6 is 0 Å². The second-order valence-corrected chi connectivity index (χ2v) is 8.40. The molecular formula is C25H31FN4O2. The number of hydrogen-bond donors (Lipinski definition) is 2. The average Bonchev–Trinajstić information content (AvgIpc) is 3.38. The zero-order chi connectivity index (χ0) is 22.5. The van der Waals surface area contributed by atoms with Crippen LogP contribution in [0, 0.1) is 5.82 Å². The molecule has 6 nitrogen and oxygen atoms in total. The van der Waals surface area contributed by atoms with Crippen LogP contribution in [0.1, 0.15) is 49.3 Å². The fraction of sp³-hybridized carbons (Fsp3) is 0.440. The SMILES string of the molecule is CCNC(=NCC(O)c1ccc(F)cc1)N1CC(CCN2CCCC2=O)c2ccccc21. The number of nitrogens with zero attached hydrogens (tertiary/aromatic N) is 3. The number of para-hydroxylation sites is 1. The fourth-order valence-corrected chi connectivity index (χ4v) is 4.55. The number of likely N-dealkylation sites (tertiary alicyclic amines) is 1. The molecule has 0 bridgehead atoms. The van der Waals surface area contributed by atoms with Gasteiger partial charge in [0.15, 0.2) is 5.96 Å². The Morgan fingerprint density at radius 3 is 2.75 bits per heavy atom. The van der Waals surface area contributed by atoms with E-state index in [9.17, 15) is 14.3 Å². The van der Waals surface area contributed by atoms with Gasteiger partial charge in [0.1, 0.15) is 5.82 Å².